The molecule has 0 bridgehead atoms. The van der Waals surface area contributed by atoms with Crippen LogP contribution >= 0.6 is 11.6 Å². The Labute approximate surface area is 156 Å². The van der Waals surface area contributed by atoms with E-state index in [1.54, 1.807) is 0 Å². The fraction of sp³-hybridized carbons (Fsp3) is 0.312. The minimum absolute atomic E-state index is 0.0276. The first-order chi connectivity index (χ1) is 12.7. The van der Waals surface area contributed by atoms with Gasteiger partial charge < -0.3 is 15.5 Å². The van der Waals surface area contributed by atoms with Crippen LogP contribution in [0.1, 0.15) is 12.0 Å². The molecule has 0 radical (unpaired) electrons. The van der Waals surface area contributed by atoms with E-state index in [4.69, 9.17) is 11.6 Å². The lowest BCUT2D eigenvalue weighted by Gasteiger charge is -2.19. The summed E-state index contributed by atoms with van der Waals surface area (Å²) in [5.74, 6) is 0. The Kier molecular flexibility index (Phi) is 5.26. The molecule has 3 rings (SSSR count). The molecule has 1 saturated heterocycles. The van der Waals surface area contributed by atoms with Gasteiger partial charge in [0.25, 0.3) is 5.56 Å². The lowest BCUT2D eigenvalue weighted by Crippen LogP contribution is -2.39. The van der Waals surface area contributed by atoms with Gasteiger partial charge in [-0.3, -0.25) is 4.79 Å². The number of amides is 2. The van der Waals surface area contributed by atoms with E-state index >= 15 is 0 Å². The average molecular weight is 402 g/mol. The van der Waals surface area contributed by atoms with Crippen molar-refractivity contribution in [2.45, 2.75) is 18.6 Å². The van der Waals surface area contributed by atoms with Crippen LogP contribution in [0.3, 0.4) is 0 Å². The van der Waals surface area contributed by atoms with Crippen LogP contribution in [0.25, 0.3) is 0 Å². The second kappa shape index (κ2) is 7.47. The maximum absolute atomic E-state index is 12.5. The Morgan fingerprint density at radius 1 is 1.30 bits per heavy atom. The fourth-order valence-electron chi connectivity index (χ4n) is 2.79. The molecule has 0 unspecified atom stereocenters. The molecule has 2 amide bonds. The zero-order chi connectivity index (χ0) is 19.6. The van der Waals surface area contributed by atoms with E-state index < -0.39 is 23.3 Å². The van der Waals surface area contributed by atoms with E-state index in [2.05, 4.69) is 20.8 Å². The van der Waals surface area contributed by atoms with Crippen molar-refractivity contribution in [2.24, 2.45) is 0 Å². The number of nitrogens with one attached hydrogen (secondary N) is 3. The number of urea groups is 1. The van der Waals surface area contributed by atoms with Crippen molar-refractivity contribution in [2.75, 3.05) is 23.3 Å². The predicted octanol–water partition coefficient (Wildman–Crippen LogP) is 2.84. The summed E-state index contributed by atoms with van der Waals surface area (Å²) >= 11 is 5.97. The molecule has 1 aliphatic rings. The largest absolute Gasteiger partial charge is 0.416 e. The van der Waals surface area contributed by atoms with E-state index in [1.807, 2.05) is 4.90 Å². The molecule has 27 heavy (non-hydrogen) atoms. The predicted molar refractivity (Wildman–Crippen MR) is 94.1 cm³/mol. The number of halogens is 4. The Bertz CT molecular complexity index is 885. The van der Waals surface area contributed by atoms with Crippen LogP contribution in [0, 0.1) is 0 Å². The molecule has 2 aromatic rings. The first-order valence-corrected chi connectivity index (χ1v) is 8.35. The number of carbonyl (C=O) groups is 1. The number of anilines is 2. The summed E-state index contributed by atoms with van der Waals surface area (Å²) in [7, 11) is 0. The van der Waals surface area contributed by atoms with E-state index in [0.717, 1.165) is 12.1 Å². The third kappa shape index (κ3) is 4.51. The number of carbonyl (C=O) groups excluding carboxylic acids is 1. The van der Waals surface area contributed by atoms with Crippen molar-refractivity contribution in [1.82, 2.24) is 15.5 Å². The minimum Gasteiger partial charge on any atom is -0.367 e. The number of rotatable bonds is 3. The van der Waals surface area contributed by atoms with Crippen molar-refractivity contribution in [1.29, 1.82) is 0 Å². The van der Waals surface area contributed by atoms with Gasteiger partial charge in [-0.25, -0.2) is 9.89 Å². The van der Waals surface area contributed by atoms with Gasteiger partial charge in [0.2, 0.25) is 0 Å². The van der Waals surface area contributed by atoms with Crippen molar-refractivity contribution in [3.8, 4) is 0 Å². The maximum atomic E-state index is 12.5. The summed E-state index contributed by atoms with van der Waals surface area (Å²) in [6.07, 6.45) is -2.37. The molecule has 7 nitrogen and oxygen atoms in total. The van der Waals surface area contributed by atoms with Crippen LogP contribution < -0.4 is 21.1 Å². The number of benzene rings is 1. The quantitative estimate of drug-likeness (QED) is 0.737. The lowest BCUT2D eigenvalue weighted by molar-refractivity contribution is -0.137. The van der Waals surface area contributed by atoms with E-state index in [1.165, 1.54) is 18.3 Å². The van der Waals surface area contributed by atoms with Crippen LogP contribution in [0.4, 0.5) is 29.3 Å². The molecule has 144 valence electrons. The first kappa shape index (κ1) is 19.0. The number of aromatic amines is 1. The molecular weight excluding hydrogens is 387 g/mol. The standard InChI is InChI=1S/C16H15ClF3N5O2/c17-13-12(7-21-24-14(13)26)25-6-5-11(8-25)23-15(27)22-10-3-1-9(2-4-10)16(18,19)20/h1-4,7,11H,5-6,8H2,(H,24,26)(H2,22,23,27)/t11-/m1/s1. The van der Waals surface area contributed by atoms with Gasteiger partial charge in [-0.05, 0) is 30.7 Å². The summed E-state index contributed by atoms with van der Waals surface area (Å²) in [5.41, 5.74) is -0.557. The van der Waals surface area contributed by atoms with E-state index in [9.17, 15) is 22.8 Å². The molecule has 1 aromatic carbocycles. The zero-order valence-corrected chi connectivity index (χ0v) is 14.6. The highest BCUT2D eigenvalue weighted by molar-refractivity contribution is 6.33. The molecule has 11 heteroatoms. The summed E-state index contributed by atoms with van der Waals surface area (Å²) < 4.78 is 37.6. The highest BCUT2D eigenvalue weighted by atomic mass is 35.5. The molecule has 3 N–H and O–H groups in total. The van der Waals surface area contributed by atoms with Crippen molar-refractivity contribution >= 4 is 29.0 Å². The highest BCUT2D eigenvalue weighted by Crippen LogP contribution is 2.30. The van der Waals surface area contributed by atoms with Crippen molar-refractivity contribution in [3.05, 3.63) is 51.4 Å². The van der Waals surface area contributed by atoms with E-state index in [-0.39, 0.29) is 16.8 Å². The van der Waals surface area contributed by atoms with Gasteiger partial charge in [-0.15, -0.1) is 0 Å². The number of hydrogen-bond acceptors (Lipinski definition) is 4. The van der Waals surface area contributed by atoms with Gasteiger partial charge >= 0.3 is 12.2 Å². The summed E-state index contributed by atoms with van der Waals surface area (Å²) in [6.45, 7) is 0.987. The average Bonchev–Trinajstić information content (AvgIpc) is 3.05. The normalized spacial score (nSPS) is 17.0. The number of aromatic nitrogens is 2. The molecule has 1 fully saturated rings. The molecular formula is C16H15ClF3N5O2. The van der Waals surface area contributed by atoms with Crippen LogP contribution in [0.15, 0.2) is 35.3 Å². The van der Waals surface area contributed by atoms with Gasteiger partial charge in [0, 0.05) is 24.8 Å². The van der Waals surface area contributed by atoms with Crippen LogP contribution in [0.2, 0.25) is 5.02 Å². The molecule has 1 aromatic heterocycles. The smallest absolute Gasteiger partial charge is 0.367 e. The monoisotopic (exact) mass is 401 g/mol. The highest BCUT2D eigenvalue weighted by Gasteiger charge is 2.30. The van der Waals surface area contributed by atoms with Gasteiger partial charge in [0.05, 0.1) is 17.4 Å². The van der Waals surface area contributed by atoms with E-state index in [0.29, 0.717) is 25.2 Å². The second-order valence-corrected chi connectivity index (χ2v) is 6.38. The maximum Gasteiger partial charge on any atom is 0.416 e. The number of nitrogens with zero attached hydrogens (tertiary/aromatic N) is 2. The molecule has 0 saturated carbocycles. The lowest BCUT2D eigenvalue weighted by atomic mass is 10.2. The summed E-state index contributed by atoms with van der Waals surface area (Å²) in [4.78, 5) is 25.4. The number of H-pyrrole nitrogens is 1. The first-order valence-electron chi connectivity index (χ1n) is 7.97. The third-order valence-electron chi connectivity index (χ3n) is 4.11. The number of alkyl halides is 3. The summed E-state index contributed by atoms with van der Waals surface area (Å²) in [6, 6.07) is 3.42. The third-order valence-corrected chi connectivity index (χ3v) is 4.48. The zero-order valence-electron chi connectivity index (χ0n) is 13.8. The van der Waals surface area contributed by atoms with Crippen LogP contribution in [-0.4, -0.2) is 35.4 Å². The Hall–Kier alpha value is -2.75. The molecule has 1 aliphatic heterocycles. The molecule has 0 spiro atoms. The molecule has 2 heterocycles. The minimum atomic E-state index is -4.43. The Morgan fingerprint density at radius 3 is 2.67 bits per heavy atom. The van der Waals surface area contributed by atoms with Gasteiger partial charge in [0.15, 0.2) is 0 Å². The summed E-state index contributed by atoms with van der Waals surface area (Å²) in [5, 5.41) is 11.2. The fourth-order valence-corrected chi connectivity index (χ4v) is 3.00. The number of hydrogen-bond donors (Lipinski definition) is 3. The van der Waals surface area contributed by atoms with Gasteiger partial charge in [-0.1, -0.05) is 11.6 Å². The van der Waals surface area contributed by atoms with Crippen LogP contribution in [-0.2, 0) is 6.18 Å². The second-order valence-electron chi connectivity index (χ2n) is 6.00. The van der Waals surface area contributed by atoms with Crippen molar-refractivity contribution in [3.63, 3.8) is 0 Å². The SMILES string of the molecule is O=C(Nc1ccc(C(F)(F)F)cc1)N[C@@H]1CCN(c2cn[nH]c(=O)c2Cl)C1. The Morgan fingerprint density at radius 2 is 2.00 bits per heavy atom. The Balaban J connectivity index is 1.56. The van der Waals surface area contributed by atoms with Gasteiger partial charge in [0.1, 0.15) is 5.02 Å². The molecule has 1 atom stereocenters. The van der Waals surface area contributed by atoms with Crippen LogP contribution in [0.5, 0.6) is 0 Å². The molecule has 0 aliphatic carbocycles. The topological polar surface area (TPSA) is 90.1 Å². The van der Waals surface area contributed by atoms with Gasteiger partial charge in [-0.2, -0.15) is 18.3 Å². The van der Waals surface area contributed by atoms with Crippen molar-refractivity contribution < 1.29 is 18.0 Å².